The molecule has 0 heterocycles. The molecule has 29 nitrogen and oxygen atoms in total. The molecule has 2 aromatic carbocycles. The maximum atomic E-state index is 13.9. The molecule has 0 unspecified atom stereocenters. The lowest BCUT2D eigenvalue weighted by molar-refractivity contribution is -0.124. The zero-order chi connectivity index (χ0) is 76.2. The van der Waals surface area contributed by atoms with Gasteiger partial charge in [0.25, 0.3) is 0 Å². The highest BCUT2D eigenvalue weighted by atomic mass is 16.6. The number of nitrogens with two attached hydrogens (primary N) is 2. The van der Waals surface area contributed by atoms with Crippen molar-refractivity contribution in [1.82, 2.24) is 47.4 Å². The van der Waals surface area contributed by atoms with E-state index in [1.165, 1.54) is 5.56 Å². The van der Waals surface area contributed by atoms with Gasteiger partial charge in [0.2, 0.25) is 29.6 Å². The van der Waals surface area contributed by atoms with Gasteiger partial charge in [-0.2, -0.15) is 0 Å². The van der Waals surface area contributed by atoms with Crippen molar-refractivity contribution in [3.63, 3.8) is 0 Å². The number of aliphatic imine (C=N–C) groups is 2. The molecule has 0 aliphatic heterocycles. The van der Waals surface area contributed by atoms with Gasteiger partial charge in [0.1, 0.15) is 45.7 Å². The molecule has 0 saturated carbocycles. The van der Waals surface area contributed by atoms with E-state index in [-0.39, 0.29) is 56.8 Å². The third-order valence-electron chi connectivity index (χ3n) is 13.6. The summed E-state index contributed by atoms with van der Waals surface area (Å²) in [6.07, 6.45) is 2.68. The van der Waals surface area contributed by atoms with Crippen molar-refractivity contribution in [2.75, 3.05) is 57.7 Å². The summed E-state index contributed by atoms with van der Waals surface area (Å²) < 4.78 is 32.4. The number of amides is 9. The van der Waals surface area contributed by atoms with Crippen LogP contribution in [0.2, 0.25) is 0 Å². The summed E-state index contributed by atoms with van der Waals surface area (Å²) in [5.74, 6) is -1.56. The molecule has 0 aliphatic rings. The Labute approximate surface area is 599 Å². The number of ether oxygens (including phenoxy) is 6. The van der Waals surface area contributed by atoms with Gasteiger partial charge in [-0.05, 0) is 270 Å². The summed E-state index contributed by atoms with van der Waals surface area (Å²) in [6.45, 7) is 33.6. The number of alkyl carbamates (subject to hydrolysis) is 6. The molecule has 3 atom stereocenters. The summed E-state index contributed by atoms with van der Waals surface area (Å²) in [6, 6.07) is 13.0. The van der Waals surface area contributed by atoms with Crippen LogP contribution in [-0.2, 0) is 62.1 Å². The number of hydrogen-bond acceptors (Lipinski definition) is 20. The van der Waals surface area contributed by atoms with E-state index in [0.717, 1.165) is 36.8 Å². The maximum absolute atomic E-state index is 13.9. The number of rotatable bonds is 34. The molecule has 13 N–H and O–H groups in total. The Morgan fingerprint density at radius 2 is 0.733 bits per heavy atom. The predicted octanol–water partition coefficient (Wildman–Crippen LogP) is 9.66. The second kappa shape index (κ2) is 43.5. The minimum absolute atomic E-state index is 0.103. The van der Waals surface area contributed by atoms with Gasteiger partial charge in [0, 0.05) is 31.9 Å². The average Bonchev–Trinajstić information content (AvgIpc) is 0.906. The minimum Gasteiger partial charge on any atom is -0.444 e. The van der Waals surface area contributed by atoms with E-state index >= 15 is 0 Å². The van der Waals surface area contributed by atoms with E-state index in [4.69, 9.17) is 39.9 Å². The third kappa shape index (κ3) is 46.0. The van der Waals surface area contributed by atoms with Crippen LogP contribution in [-0.4, -0.2) is 175 Å². The molecule has 101 heavy (non-hydrogen) atoms. The quantitative estimate of drug-likeness (QED) is 0.0134. The monoisotopic (exact) mass is 1420 g/mol. The van der Waals surface area contributed by atoms with Crippen molar-refractivity contribution in [2.24, 2.45) is 21.5 Å². The van der Waals surface area contributed by atoms with Crippen LogP contribution in [0.5, 0.6) is 0 Å². The SMILES string of the molecule is CC(C)(C)OC(=O)NC(=NCCCC[C@H](NC(=O)OC(C)(C)C)C(=O)NCCCN(CCCNC(=O)[C@H](CCCCN=C(NC(=O)OC(C)(C)C)NC(=O)OC(C)(C)C)NC(=O)OC(C)(C)C)CCCc1ccc(NC(=O)[C@@H](N)Cc2ccc(CCCCN)cc2)cc1)NC(=O)OC(C)(C)C. The zero-order valence-corrected chi connectivity index (χ0v) is 63.5. The largest absolute Gasteiger partial charge is 0.444 e. The van der Waals surface area contributed by atoms with Gasteiger partial charge in [0.05, 0.1) is 6.04 Å². The lowest BCUT2D eigenvalue weighted by atomic mass is 10.0. The molecule has 0 fully saturated rings. The molecule has 29 heteroatoms. The number of unbranched alkanes of at least 4 members (excludes halogenated alkanes) is 3. The highest BCUT2D eigenvalue weighted by Crippen LogP contribution is 2.17. The molecule has 9 amide bonds. The fraction of sp³-hybridized carbons (Fsp3) is 0.681. The molecule has 2 aromatic rings. The summed E-state index contributed by atoms with van der Waals surface area (Å²) in [5, 5.41) is 24.1. The maximum Gasteiger partial charge on any atom is 0.414 e. The van der Waals surface area contributed by atoms with Gasteiger partial charge in [-0.25, -0.2) is 28.8 Å². The van der Waals surface area contributed by atoms with E-state index in [0.29, 0.717) is 83.2 Å². The fourth-order valence-electron chi connectivity index (χ4n) is 9.33. The van der Waals surface area contributed by atoms with Crippen LogP contribution >= 0.6 is 0 Å². The lowest BCUT2D eigenvalue weighted by Crippen LogP contribution is -2.48. The molecular weight excluding hydrogens is 1300 g/mol. The number of aryl methyl sites for hydroxylation is 2. The van der Waals surface area contributed by atoms with E-state index < -0.39 is 100 Å². The second-order valence-corrected chi connectivity index (χ2v) is 30.7. The van der Waals surface area contributed by atoms with Crippen molar-refractivity contribution >= 4 is 71.9 Å². The molecule has 0 saturated heterocycles. The number of guanidine groups is 2. The topological polar surface area (TPSA) is 397 Å². The number of carbonyl (C=O) groups is 9. The Bertz CT molecular complexity index is 2770. The standard InChI is InChI=1S/C72H122N14O15/c1-67(2,3)96-61(90)80-54(30-20-23-41-77-59(82-63(92)98-69(7,8)9)83-64(93)99-70(10,11)12)57(88)75-43-26-46-86(45-25-29-50-36-38-52(39-37-50)79-56(87)53(74)48-51-34-32-49(33-35-51)28-19-22-40-73)47-27-44-76-58(89)55(81-62(91)97-68(4,5)6)31-21-24-42-78-60(84-65(94)100-71(13,14)15)85-66(95)101-72(16,17)18/h32-39,53-55H,19-31,40-48,73-74H2,1-18H3,(H,75,88)(H,76,89)(H,79,87)(H,80,90)(H,81,91)(H2,77,82,83,92,93)(H2,78,84,85,94,95)/t53-,54-,55-/m0/s1. The normalized spacial score (nSPS) is 12.8. The van der Waals surface area contributed by atoms with Crippen molar-refractivity contribution in [2.45, 2.75) is 266 Å². The Hall–Kier alpha value is -8.31. The number of anilines is 1. The zero-order valence-electron chi connectivity index (χ0n) is 63.5. The minimum atomic E-state index is -1.000. The molecule has 2 rings (SSSR count). The van der Waals surface area contributed by atoms with Crippen LogP contribution in [0.4, 0.5) is 34.5 Å². The number of nitrogens with one attached hydrogen (secondary N) is 9. The second-order valence-electron chi connectivity index (χ2n) is 30.7. The van der Waals surface area contributed by atoms with Crippen LogP contribution in [0.1, 0.15) is 212 Å². The molecular formula is C72H122N14O15. The molecule has 0 aromatic heterocycles. The molecule has 0 aliphatic carbocycles. The van der Waals surface area contributed by atoms with Gasteiger partial charge in [0.15, 0.2) is 0 Å². The first-order chi connectivity index (χ1) is 46.8. The first-order valence-corrected chi connectivity index (χ1v) is 35.1. The number of benzene rings is 2. The third-order valence-corrected chi connectivity index (χ3v) is 13.6. The molecule has 0 spiro atoms. The summed E-state index contributed by atoms with van der Waals surface area (Å²) >= 11 is 0. The van der Waals surface area contributed by atoms with E-state index in [9.17, 15) is 43.2 Å². The van der Waals surface area contributed by atoms with Crippen LogP contribution in [0.15, 0.2) is 58.5 Å². The molecule has 0 bridgehead atoms. The van der Waals surface area contributed by atoms with Crippen LogP contribution in [0.3, 0.4) is 0 Å². The first-order valence-electron chi connectivity index (χ1n) is 35.1. The molecule has 570 valence electrons. The van der Waals surface area contributed by atoms with Crippen molar-refractivity contribution in [3.8, 4) is 0 Å². The number of nitrogens with zero attached hydrogens (tertiary/aromatic N) is 3. The van der Waals surface area contributed by atoms with Gasteiger partial charge >= 0.3 is 36.6 Å². The van der Waals surface area contributed by atoms with Gasteiger partial charge in [-0.15, -0.1) is 0 Å². The smallest absolute Gasteiger partial charge is 0.414 e. The number of hydrogen-bond donors (Lipinski definition) is 11. The Kier molecular flexibility index (Phi) is 38.2. The van der Waals surface area contributed by atoms with Crippen LogP contribution in [0, 0.1) is 0 Å². The van der Waals surface area contributed by atoms with Gasteiger partial charge in [-0.1, -0.05) is 36.4 Å². The highest BCUT2D eigenvalue weighted by Gasteiger charge is 2.28. The summed E-state index contributed by atoms with van der Waals surface area (Å²) in [5.41, 5.74) is 10.8. The Morgan fingerprint density at radius 3 is 1.09 bits per heavy atom. The van der Waals surface area contributed by atoms with E-state index in [1.807, 2.05) is 36.4 Å². The highest BCUT2D eigenvalue weighted by molar-refractivity contribution is 6.02. The lowest BCUT2D eigenvalue weighted by Gasteiger charge is -2.25. The van der Waals surface area contributed by atoms with E-state index in [2.05, 4.69) is 74.9 Å². The van der Waals surface area contributed by atoms with Crippen molar-refractivity contribution < 1.29 is 71.6 Å². The summed E-state index contributed by atoms with van der Waals surface area (Å²) in [4.78, 5) is 129. The molecule has 0 radical (unpaired) electrons. The van der Waals surface area contributed by atoms with Gasteiger partial charge < -0.3 is 71.4 Å². The van der Waals surface area contributed by atoms with Crippen LogP contribution in [0.25, 0.3) is 0 Å². The Morgan fingerprint density at radius 1 is 0.406 bits per heavy atom. The number of carbonyl (C=O) groups excluding carboxylic acids is 9. The fourth-order valence-corrected chi connectivity index (χ4v) is 9.33. The predicted molar refractivity (Wildman–Crippen MR) is 391 cm³/mol. The van der Waals surface area contributed by atoms with Crippen LogP contribution < -0.4 is 59.3 Å². The Balaban J connectivity index is 2.30. The first kappa shape index (κ1) is 88.8. The average molecular weight is 1420 g/mol. The summed E-state index contributed by atoms with van der Waals surface area (Å²) in [7, 11) is 0. The van der Waals surface area contributed by atoms with Gasteiger partial charge in [-0.3, -0.25) is 45.6 Å². The van der Waals surface area contributed by atoms with Crippen molar-refractivity contribution in [1.29, 1.82) is 0 Å². The van der Waals surface area contributed by atoms with E-state index in [1.54, 1.807) is 125 Å². The van der Waals surface area contributed by atoms with Crippen molar-refractivity contribution in [3.05, 3.63) is 65.2 Å².